The van der Waals surface area contributed by atoms with Gasteiger partial charge in [-0.25, -0.2) is 9.78 Å². The fraction of sp³-hybridized carbons (Fsp3) is 0.583. The van der Waals surface area contributed by atoms with Crippen molar-refractivity contribution in [1.82, 2.24) is 9.88 Å². The highest BCUT2D eigenvalue weighted by Gasteiger charge is 2.27. The molecule has 5 nitrogen and oxygen atoms in total. The zero-order valence-electron chi connectivity index (χ0n) is 10.7. The summed E-state index contributed by atoms with van der Waals surface area (Å²) in [6, 6.07) is 0. The minimum atomic E-state index is -0.493. The summed E-state index contributed by atoms with van der Waals surface area (Å²) in [4.78, 5) is 29.5. The van der Waals surface area contributed by atoms with E-state index in [1.807, 2.05) is 20.8 Å². The molecule has 1 aliphatic rings. The Morgan fingerprint density at radius 3 is 2.83 bits per heavy atom. The number of ether oxygens (including phenoxy) is 1. The third-order valence-corrected chi connectivity index (χ3v) is 3.58. The van der Waals surface area contributed by atoms with Gasteiger partial charge in [-0.3, -0.25) is 4.79 Å². The third kappa shape index (κ3) is 2.87. The Morgan fingerprint density at radius 2 is 2.22 bits per heavy atom. The SMILES string of the molecule is CC(C)(C)OC(=O)N1CCc2sc(C=O)nc2C1. The van der Waals surface area contributed by atoms with Crippen LogP contribution in [0.5, 0.6) is 0 Å². The van der Waals surface area contributed by atoms with Gasteiger partial charge in [-0.1, -0.05) is 0 Å². The molecule has 1 aromatic heterocycles. The summed E-state index contributed by atoms with van der Waals surface area (Å²) in [5.74, 6) is 0. The molecular formula is C12H16N2O3S. The average molecular weight is 268 g/mol. The van der Waals surface area contributed by atoms with Crippen molar-refractivity contribution in [3.8, 4) is 0 Å². The summed E-state index contributed by atoms with van der Waals surface area (Å²) in [7, 11) is 0. The van der Waals surface area contributed by atoms with E-state index in [9.17, 15) is 9.59 Å². The first-order valence-electron chi connectivity index (χ1n) is 5.81. The van der Waals surface area contributed by atoms with Gasteiger partial charge in [0.15, 0.2) is 11.3 Å². The molecule has 1 amide bonds. The van der Waals surface area contributed by atoms with Gasteiger partial charge in [0.25, 0.3) is 0 Å². The molecule has 0 N–H and O–H groups in total. The number of rotatable bonds is 1. The van der Waals surface area contributed by atoms with Gasteiger partial charge in [0, 0.05) is 17.8 Å². The Kier molecular flexibility index (Phi) is 3.38. The van der Waals surface area contributed by atoms with E-state index >= 15 is 0 Å². The lowest BCUT2D eigenvalue weighted by molar-refractivity contribution is 0.0222. The number of amides is 1. The molecule has 1 aliphatic heterocycles. The quantitative estimate of drug-likeness (QED) is 0.733. The lowest BCUT2D eigenvalue weighted by Gasteiger charge is -2.29. The lowest BCUT2D eigenvalue weighted by Crippen LogP contribution is -2.39. The predicted molar refractivity (Wildman–Crippen MR) is 67.8 cm³/mol. The van der Waals surface area contributed by atoms with Gasteiger partial charge < -0.3 is 9.64 Å². The molecule has 0 fully saturated rings. The summed E-state index contributed by atoms with van der Waals surface area (Å²) >= 11 is 1.40. The van der Waals surface area contributed by atoms with Crippen LogP contribution in [-0.2, 0) is 17.7 Å². The van der Waals surface area contributed by atoms with Gasteiger partial charge in [0.05, 0.1) is 12.2 Å². The number of nitrogens with zero attached hydrogens (tertiary/aromatic N) is 2. The molecule has 18 heavy (non-hydrogen) atoms. The van der Waals surface area contributed by atoms with E-state index in [4.69, 9.17) is 4.74 Å². The van der Waals surface area contributed by atoms with Crippen LogP contribution in [0, 0.1) is 0 Å². The molecule has 0 aliphatic carbocycles. The van der Waals surface area contributed by atoms with Gasteiger partial charge in [0.2, 0.25) is 0 Å². The number of thiazole rings is 1. The van der Waals surface area contributed by atoms with E-state index in [2.05, 4.69) is 4.98 Å². The van der Waals surface area contributed by atoms with E-state index in [0.717, 1.165) is 23.3 Å². The summed E-state index contributed by atoms with van der Waals surface area (Å²) in [6.45, 7) is 6.56. The Balaban J connectivity index is 2.07. The smallest absolute Gasteiger partial charge is 0.410 e. The highest BCUT2D eigenvalue weighted by molar-refractivity contribution is 7.13. The van der Waals surface area contributed by atoms with Gasteiger partial charge in [-0.2, -0.15) is 0 Å². The summed E-state index contributed by atoms with van der Waals surface area (Å²) < 4.78 is 5.32. The van der Waals surface area contributed by atoms with E-state index in [0.29, 0.717) is 18.1 Å². The summed E-state index contributed by atoms with van der Waals surface area (Å²) in [5, 5.41) is 0.478. The molecular weight excluding hydrogens is 252 g/mol. The Hall–Kier alpha value is -1.43. The van der Waals surface area contributed by atoms with Gasteiger partial charge in [-0.15, -0.1) is 11.3 Å². The van der Waals surface area contributed by atoms with E-state index < -0.39 is 5.60 Å². The Morgan fingerprint density at radius 1 is 1.50 bits per heavy atom. The van der Waals surface area contributed by atoms with E-state index in [1.54, 1.807) is 4.90 Å². The van der Waals surface area contributed by atoms with Crippen LogP contribution in [0.25, 0.3) is 0 Å². The second-order valence-electron chi connectivity index (χ2n) is 5.19. The van der Waals surface area contributed by atoms with Crippen LogP contribution in [0.1, 0.15) is 41.1 Å². The Labute approximate surface area is 110 Å². The number of hydrogen-bond acceptors (Lipinski definition) is 5. The maximum Gasteiger partial charge on any atom is 0.410 e. The first kappa shape index (κ1) is 13.0. The fourth-order valence-electron chi connectivity index (χ4n) is 1.75. The molecule has 0 saturated carbocycles. The van der Waals surface area contributed by atoms with Crippen molar-refractivity contribution in [2.45, 2.75) is 39.3 Å². The second kappa shape index (κ2) is 4.68. The number of hydrogen-bond donors (Lipinski definition) is 0. The van der Waals surface area contributed by atoms with Crippen LogP contribution >= 0.6 is 11.3 Å². The van der Waals surface area contributed by atoms with Crippen molar-refractivity contribution in [1.29, 1.82) is 0 Å². The second-order valence-corrected chi connectivity index (χ2v) is 6.31. The molecule has 2 heterocycles. The number of aromatic nitrogens is 1. The standard InChI is InChI=1S/C12H16N2O3S/c1-12(2,3)17-11(16)14-5-4-9-8(6-14)13-10(7-15)18-9/h7H,4-6H2,1-3H3. The monoisotopic (exact) mass is 268 g/mol. The molecule has 1 aromatic rings. The first-order valence-corrected chi connectivity index (χ1v) is 6.62. The predicted octanol–water partition coefficient (Wildman–Crippen LogP) is 2.25. The summed E-state index contributed by atoms with van der Waals surface area (Å²) in [5.41, 5.74) is 0.326. The van der Waals surface area contributed by atoms with Crippen molar-refractivity contribution < 1.29 is 14.3 Å². The molecule has 0 aromatic carbocycles. The highest BCUT2D eigenvalue weighted by Crippen LogP contribution is 2.25. The first-order chi connectivity index (χ1) is 8.39. The molecule has 0 spiro atoms. The molecule has 2 rings (SSSR count). The molecule has 98 valence electrons. The number of carbonyl (C=O) groups is 2. The Bertz CT molecular complexity index is 476. The number of fused-ring (bicyclic) bond motifs is 1. The fourth-order valence-corrected chi connectivity index (χ4v) is 2.63. The number of aldehydes is 1. The van der Waals surface area contributed by atoms with Crippen molar-refractivity contribution in [2.75, 3.05) is 6.54 Å². The van der Waals surface area contributed by atoms with Crippen molar-refractivity contribution in [3.63, 3.8) is 0 Å². The zero-order valence-corrected chi connectivity index (χ0v) is 11.5. The van der Waals surface area contributed by atoms with Crippen molar-refractivity contribution in [2.24, 2.45) is 0 Å². The molecule has 0 radical (unpaired) electrons. The van der Waals surface area contributed by atoms with Crippen molar-refractivity contribution >= 4 is 23.7 Å². The normalized spacial score (nSPS) is 15.2. The maximum absolute atomic E-state index is 11.9. The molecule has 6 heteroatoms. The number of carbonyl (C=O) groups excluding carboxylic acids is 2. The molecule has 0 atom stereocenters. The van der Waals surface area contributed by atoms with E-state index in [1.165, 1.54) is 11.3 Å². The maximum atomic E-state index is 11.9. The third-order valence-electron chi connectivity index (χ3n) is 2.50. The van der Waals surface area contributed by atoms with Gasteiger partial charge >= 0.3 is 6.09 Å². The highest BCUT2D eigenvalue weighted by atomic mass is 32.1. The zero-order chi connectivity index (χ0) is 13.3. The summed E-state index contributed by atoms with van der Waals surface area (Å²) in [6.07, 6.45) is 1.16. The molecule has 0 saturated heterocycles. The van der Waals surface area contributed by atoms with Crippen LogP contribution in [-0.4, -0.2) is 34.4 Å². The van der Waals surface area contributed by atoms with Gasteiger partial charge in [-0.05, 0) is 20.8 Å². The van der Waals surface area contributed by atoms with Crippen LogP contribution in [0.15, 0.2) is 0 Å². The van der Waals surface area contributed by atoms with E-state index in [-0.39, 0.29) is 6.09 Å². The van der Waals surface area contributed by atoms with Crippen LogP contribution in [0.2, 0.25) is 0 Å². The molecule has 0 bridgehead atoms. The van der Waals surface area contributed by atoms with Crippen LogP contribution in [0.4, 0.5) is 4.79 Å². The largest absolute Gasteiger partial charge is 0.444 e. The van der Waals surface area contributed by atoms with Crippen LogP contribution < -0.4 is 0 Å². The molecule has 0 unspecified atom stereocenters. The minimum absolute atomic E-state index is 0.325. The average Bonchev–Trinajstić information content (AvgIpc) is 2.68. The lowest BCUT2D eigenvalue weighted by atomic mass is 10.2. The van der Waals surface area contributed by atoms with Crippen LogP contribution in [0.3, 0.4) is 0 Å². The minimum Gasteiger partial charge on any atom is -0.444 e. The van der Waals surface area contributed by atoms with Gasteiger partial charge in [0.1, 0.15) is 5.60 Å². The van der Waals surface area contributed by atoms with Crippen molar-refractivity contribution in [3.05, 3.63) is 15.6 Å². The topological polar surface area (TPSA) is 59.5 Å².